The summed E-state index contributed by atoms with van der Waals surface area (Å²) in [5, 5.41) is 12.1. The van der Waals surface area contributed by atoms with Crippen LogP contribution in [-0.4, -0.2) is 40.2 Å². The van der Waals surface area contributed by atoms with E-state index in [1.807, 2.05) is 24.3 Å². The molecule has 6 nitrogen and oxygen atoms in total. The zero-order valence-electron chi connectivity index (χ0n) is 16.6. The van der Waals surface area contributed by atoms with E-state index in [1.54, 1.807) is 12.4 Å². The second-order valence-corrected chi connectivity index (χ2v) is 8.17. The lowest BCUT2D eigenvalue weighted by atomic mass is 9.85. The van der Waals surface area contributed by atoms with E-state index in [0.717, 1.165) is 49.4 Å². The zero-order chi connectivity index (χ0) is 19.3. The highest BCUT2D eigenvalue weighted by molar-refractivity contribution is 5.80. The second kappa shape index (κ2) is 8.67. The number of hydrogen-bond donors (Lipinski definition) is 1. The number of hydrogen-bond acceptors (Lipinski definition) is 5. The molecule has 0 bridgehead atoms. The Bertz CT molecular complexity index is 779. The fourth-order valence-corrected chi connectivity index (χ4v) is 4.40. The number of carbonyl (C=O) groups excluding carboxylic acids is 1. The van der Waals surface area contributed by atoms with Crippen molar-refractivity contribution in [2.75, 3.05) is 18.0 Å². The smallest absolute Gasteiger partial charge is 0.225 e. The van der Waals surface area contributed by atoms with Crippen LogP contribution in [0, 0.1) is 11.8 Å². The molecule has 148 valence electrons. The van der Waals surface area contributed by atoms with Crippen LogP contribution in [0.15, 0.2) is 36.7 Å². The highest BCUT2D eigenvalue weighted by Gasteiger charge is 2.30. The number of piperidine rings is 1. The minimum Gasteiger partial charge on any atom is -0.354 e. The number of nitrogens with one attached hydrogen (secondary N) is 1. The maximum Gasteiger partial charge on any atom is 0.225 e. The number of carbonyl (C=O) groups is 1. The number of aromatic nitrogens is 3. The van der Waals surface area contributed by atoms with Crippen LogP contribution in [0.2, 0.25) is 0 Å². The van der Waals surface area contributed by atoms with E-state index in [-0.39, 0.29) is 11.8 Å². The number of anilines is 1. The quantitative estimate of drug-likeness (QED) is 0.881. The normalized spacial score (nSPS) is 25.3. The second-order valence-electron chi connectivity index (χ2n) is 8.17. The van der Waals surface area contributed by atoms with Crippen LogP contribution in [0.5, 0.6) is 0 Å². The molecule has 4 rings (SSSR count). The van der Waals surface area contributed by atoms with Gasteiger partial charge in [-0.1, -0.05) is 19.8 Å². The van der Waals surface area contributed by atoms with Gasteiger partial charge < -0.3 is 10.2 Å². The van der Waals surface area contributed by atoms with Crippen LogP contribution < -0.4 is 10.2 Å². The van der Waals surface area contributed by atoms with Gasteiger partial charge in [-0.3, -0.25) is 9.78 Å². The lowest BCUT2D eigenvalue weighted by molar-refractivity contribution is -0.126. The standard InChI is InChI=1S/C22H29N5O/c1-16-5-2-3-7-19(16)24-22(28)18-6-4-14-27(15-18)21-9-8-20(25-26-21)17-10-12-23-13-11-17/h8-13,16,18-19H,2-7,14-15H2,1H3,(H,24,28). The molecule has 3 unspecified atom stereocenters. The van der Waals surface area contributed by atoms with Crippen molar-refractivity contribution in [2.45, 2.75) is 51.5 Å². The van der Waals surface area contributed by atoms with Gasteiger partial charge in [-0.15, -0.1) is 10.2 Å². The minimum atomic E-state index is 0.0320. The summed E-state index contributed by atoms with van der Waals surface area (Å²) in [6.45, 7) is 3.90. The van der Waals surface area contributed by atoms with Crippen molar-refractivity contribution in [2.24, 2.45) is 11.8 Å². The van der Waals surface area contributed by atoms with Crippen LogP contribution in [0.1, 0.15) is 45.4 Å². The number of rotatable bonds is 4. The van der Waals surface area contributed by atoms with Crippen molar-refractivity contribution in [1.82, 2.24) is 20.5 Å². The fraction of sp³-hybridized carbons (Fsp3) is 0.545. The van der Waals surface area contributed by atoms with Gasteiger partial charge in [-0.05, 0) is 55.9 Å². The maximum absolute atomic E-state index is 12.8. The highest BCUT2D eigenvalue weighted by atomic mass is 16.2. The molecule has 28 heavy (non-hydrogen) atoms. The molecule has 2 aromatic rings. The molecular formula is C22H29N5O. The summed E-state index contributed by atoms with van der Waals surface area (Å²) >= 11 is 0. The summed E-state index contributed by atoms with van der Waals surface area (Å²) in [4.78, 5) is 19.1. The molecule has 3 atom stereocenters. The van der Waals surface area contributed by atoms with Crippen molar-refractivity contribution >= 4 is 11.7 Å². The van der Waals surface area contributed by atoms with Crippen LogP contribution in [-0.2, 0) is 4.79 Å². The Balaban J connectivity index is 1.38. The van der Waals surface area contributed by atoms with E-state index < -0.39 is 0 Å². The van der Waals surface area contributed by atoms with Gasteiger partial charge in [-0.2, -0.15) is 0 Å². The lowest BCUT2D eigenvalue weighted by Crippen LogP contribution is -2.48. The molecule has 6 heteroatoms. The molecule has 2 aromatic heterocycles. The summed E-state index contributed by atoms with van der Waals surface area (Å²) in [7, 11) is 0. The summed E-state index contributed by atoms with van der Waals surface area (Å²) < 4.78 is 0. The third-order valence-electron chi connectivity index (χ3n) is 6.18. The Morgan fingerprint density at radius 1 is 1.04 bits per heavy atom. The van der Waals surface area contributed by atoms with E-state index >= 15 is 0 Å². The van der Waals surface area contributed by atoms with Crippen LogP contribution in [0.4, 0.5) is 5.82 Å². The van der Waals surface area contributed by atoms with Crippen molar-refractivity contribution < 1.29 is 4.79 Å². The van der Waals surface area contributed by atoms with Crippen molar-refractivity contribution in [1.29, 1.82) is 0 Å². The number of pyridine rings is 1. The fourth-order valence-electron chi connectivity index (χ4n) is 4.40. The molecule has 1 N–H and O–H groups in total. The minimum absolute atomic E-state index is 0.0320. The summed E-state index contributed by atoms with van der Waals surface area (Å²) in [5.41, 5.74) is 1.84. The molecule has 1 aliphatic carbocycles. The van der Waals surface area contributed by atoms with E-state index in [2.05, 4.69) is 32.3 Å². The first kappa shape index (κ1) is 18.8. The highest BCUT2D eigenvalue weighted by Crippen LogP contribution is 2.26. The van der Waals surface area contributed by atoms with Gasteiger partial charge >= 0.3 is 0 Å². The van der Waals surface area contributed by atoms with Crippen LogP contribution in [0.3, 0.4) is 0 Å². The Morgan fingerprint density at radius 3 is 2.61 bits per heavy atom. The lowest BCUT2D eigenvalue weighted by Gasteiger charge is -2.35. The Morgan fingerprint density at radius 2 is 1.86 bits per heavy atom. The first-order valence-corrected chi connectivity index (χ1v) is 10.5. The van der Waals surface area contributed by atoms with Gasteiger partial charge in [0.2, 0.25) is 5.91 Å². The van der Waals surface area contributed by atoms with Crippen molar-refractivity contribution in [3.05, 3.63) is 36.7 Å². The van der Waals surface area contributed by atoms with Crippen LogP contribution in [0.25, 0.3) is 11.3 Å². The molecule has 3 heterocycles. The first-order chi connectivity index (χ1) is 13.7. The topological polar surface area (TPSA) is 71.0 Å². The number of amides is 1. The van der Waals surface area contributed by atoms with Gasteiger partial charge in [-0.25, -0.2) is 0 Å². The van der Waals surface area contributed by atoms with E-state index in [1.165, 1.54) is 19.3 Å². The average molecular weight is 380 g/mol. The molecular weight excluding hydrogens is 350 g/mol. The zero-order valence-corrected chi connectivity index (χ0v) is 16.6. The van der Waals surface area contributed by atoms with E-state index in [4.69, 9.17) is 0 Å². The SMILES string of the molecule is CC1CCCCC1NC(=O)C1CCCN(c2ccc(-c3ccncc3)nn2)C1. The Labute approximate surface area is 166 Å². The predicted octanol–water partition coefficient (Wildman–Crippen LogP) is 3.45. The largest absolute Gasteiger partial charge is 0.354 e. The third kappa shape index (κ3) is 4.32. The van der Waals surface area contributed by atoms with Crippen LogP contribution >= 0.6 is 0 Å². The summed E-state index contributed by atoms with van der Waals surface area (Å²) in [5.74, 6) is 1.68. The van der Waals surface area contributed by atoms with Gasteiger partial charge in [0, 0.05) is 37.1 Å². The van der Waals surface area contributed by atoms with Crippen molar-refractivity contribution in [3.63, 3.8) is 0 Å². The number of nitrogens with zero attached hydrogens (tertiary/aromatic N) is 4. The monoisotopic (exact) mass is 379 g/mol. The predicted molar refractivity (Wildman–Crippen MR) is 110 cm³/mol. The van der Waals surface area contributed by atoms with E-state index in [0.29, 0.717) is 12.0 Å². The van der Waals surface area contributed by atoms with Gasteiger partial charge in [0.05, 0.1) is 11.6 Å². The molecule has 2 aliphatic rings. The maximum atomic E-state index is 12.8. The molecule has 2 fully saturated rings. The Kier molecular flexibility index (Phi) is 5.84. The summed E-state index contributed by atoms with van der Waals surface area (Å²) in [6, 6.07) is 8.20. The third-order valence-corrected chi connectivity index (χ3v) is 6.18. The molecule has 1 aliphatic heterocycles. The molecule has 0 spiro atoms. The van der Waals surface area contributed by atoms with Gasteiger partial charge in [0.25, 0.3) is 0 Å². The molecule has 0 aromatic carbocycles. The average Bonchev–Trinajstić information content (AvgIpc) is 2.76. The molecule has 1 saturated carbocycles. The van der Waals surface area contributed by atoms with Gasteiger partial charge in [0.1, 0.15) is 0 Å². The molecule has 1 amide bonds. The first-order valence-electron chi connectivity index (χ1n) is 10.5. The molecule has 0 radical (unpaired) electrons. The summed E-state index contributed by atoms with van der Waals surface area (Å²) in [6.07, 6.45) is 10.3. The van der Waals surface area contributed by atoms with E-state index in [9.17, 15) is 4.79 Å². The van der Waals surface area contributed by atoms with Gasteiger partial charge in [0.15, 0.2) is 5.82 Å². The van der Waals surface area contributed by atoms with Crippen molar-refractivity contribution in [3.8, 4) is 11.3 Å². The Hall–Kier alpha value is -2.50. The molecule has 1 saturated heterocycles.